The van der Waals surface area contributed by atoms with Gasteiger partial charge in [0, 0.05) is 4.88 Å². The van der Waals surface area contributed by atoms with Crippen LogP contribution in [-0.4, -0.2) is 13.1 Å². The van der Waals surface area contributed by atoms with Gasteiger partial charge < -0.3 is 4.74 Å². The number of rotatable bonds is 2. The fourth-order valence-electron chi connectivity index (χ4n) is 2.13. The zero-order valence-corrected chi connectivity index (χ0v) is 11.2. The first-order valence-electron chi connectivity index (χ1n) is 5.96. The molecule has 1 heterocycles. The van der Waals surface area contributed by atoms with Gasteiger partial charge in [0.15, 0.2) is 0 Å². The predicted molar refractivity (Wildman–Crippen MR) is 78.6 cm³/mol. The van der Waals surface area contributed by atoms with Crippen LogP contribution in [0, 0.1) is 0 Å². The Bertz CT molecular complexity index is 738. The van der Waals surface area contributed by atoms with Gasteiger partial charge in [-0.2, -0.15) is 0 Å². The molecule has 0 aliphatic carbocycles. The Morgan fingerprint density at radius 3 is 2.63 bits per heavy atom. The molecule has 0 spiro atoms. The number of fused-ring (bicyclic) bond motifs is 1. The largest absolute Gasteiger partial charge is 0.465 e. The van der Waals surface area contributed by atoms with E-state index < -0.39 is 0 Å². The molecule has 0 aliphatic rings. The van der Waals surface area contributed by atoms with Crippen molar-refractivity contribution in [1.82, 2.24) is 0 Å². The Morgan fingerprint density at radius 1 is 1.00 bits per heavy atom. The molecule has 0 amide bonds. The molecule has 3 rings (SSSR count). The fourth-order valence-corrected chi connectivity index (χ4v) is 3.10. The summed E-state index contributed by atoms with van der Waals surface area (Å²) in [4.78, 5) is 13.2. The average Bonchev–Trinajstić information content (AvgIpc) is 2.95. The van der Waals surface area contributed by atoms with E-state index in [1.165, 1.54) is 29.2 Å². The first-order chi connectivity index (χ1) is 9.29. The van der Waals surface area contributed by atoms with Crippen molar-refractivity contribution in [2.75, 3.05) is 7.11 Å². The highest BCUT2D eigenvalue weighted by molar-refractivity contribution is 7.17. The summed E-state index contributed by atoms with van der Waals surface area (Å²) in [5.74, 6) is -0.281. The van der Waals surface area contributed by atoms with Gasteiger partial charge in [-0.1, -0.05) is 42.5 Å². The van der Waals surface area contributed by atoms with Crippen molar-refractivity contribution < 1.29 is 9.53 Å². The van der Waals surface area contributed by atoms with Gasteiger partial charge >= 0.3 is 5.97 Å². The molecule has 0 radical (unpaired) electrons. The molecule has 0 fully saturated rings. The highest BCUT2D eigenvalue weighted by Gasteiger charge is 2.11. The monoisotopic (exact) mass is 268 g/mol. The Kier molecular flexibility index (Phi) is 3.05. The highest BCUT2D eigenvalue weighted by atomic mass is 32.1. The van der Waals surface area contributed by atoms with Crippen molar-refractivity contribution in [3.63, 3.8) is 0 Å². The van der Waals surface area contributed by atoms with Crippen LogP contribution in [0.15, 0.2) is 54.6 Å². The summed E-state index contributed by atoms with van der Waals surface area (Å²) in [6, 6.07) is 18.2. The van der Waals surface area contributed by atoms with Crippen molar-refractivity contribution in [1.29, 1.82) is 0 Å². The third-order valence-electron chi connectivity index (χ3n) is 3.05. The van der Waals surface area contributed by atoms with Gasteiger partial charge in [0.1, 0.15) is 4.88 Å². The molecule has 0 bridgehead atoms. The van der Waals surface area contributed by atoms with E-state index in [0.717, 1.165) is 10.4 Å². The van der Waals surface area contributed by atoms with Crippen LogP contribution in [0.2, 0.25) is 0 Å². The van der Waals surface area contributed by atoms with E-state index in [1.807, 2.05) is 30.3 Å². The molecule has 0 N–H and O–H groups in total. The average molecular weight is 268 g/mol. The normalized spacial score (nSPS) is 10.6. The van der Waals surface area contributed by atoms with Gasteiger partial charge in [-0.25, -0.2) is 4.79 Å². The molecule has 19 heavy (non-hydrogen) atoms. The van der Waals surface area contributed by atoms with Crippen LogP contribution in [0.1, 0.15) is 9.67 Å². The molecule has 2 nitrogen and oxygen atoms in total. The second kappa shape index (κ2) is 4.86. The summed E-state index contributed by atoms with van der Waals surface area (Å²) < 4.78 is 4.74. The first kappa shape index (κ1) is 11.9. The molecule has 0 saturated carbocycles. The predicted octanol–water partition coefficient (Wildman–Crippen LogP) is 4.35. The lowest BCUT2D eigenvalue weighted by Crippen LogP contribution is -1.96. The minimum absolute atomic E-state index is 0.281. The maximum absolute atomic E-state index is 11.5. The molecule has 3 aromatic rings. The zero-order valence-electron chi connectivity index (χ0n) is 10.4. The smallest absolute Gasteiger partial charge is 0.348 e. The number of hydrogen-bond acceptors (Lipinski definition) is 3. The Morgan fingerprint density at radius 2 is 1.79 bits per heavy atom. The van der Waals surface area contributed by atoms with Crippen LogP contribution < -0.4 is 0 Å². The van der Waals surface area contributed by atoms with E-state index in [4.69, 9.17) is 4.74 Å². The molecule has 0 atom stereocenters. The number of carbonyl (C=O) groups is 1. The van der Waals surface area contributed by atoms with Gasteiger partial charge in [0.05, 0.1) is 7.11 Å². The van der Waals surface area contributed by atoms with Crippen LogP contribution in [-0.2, 0) is 4.74 Å². The van der Waals surface area contributed by atoms with Crippen LogP contribution in [0.3, 0.4) is 0 Å². The lowest BCUT2D eigenvalue weighted by atomic mass is 10.0. The number of thiophene rings is 1. The molecule has 94 valence electrons. The molecular weight excluding hydrogens is 256 g/mol. The number of hydrogen-bond donors (Lipinski definition) is 0. The van der Waals surface area contributed by atoms with Crippen LogP contribution in [0.5, 0.6) is 0 Å². The van der Waals surface area contributed by atoms with Crippen LogP contribution >= 0.6 is 11.3 Å². The number of esters is 1. The van der Waals surface area contributed by atoms with Crippen molar-refractivity contribution >= 4 is 28.1 Å². The Balaban J connectivity index is 2.14. The summed E-state index contributed by atoms with van der Waals surface area (Å²) in [5.41, 5.74) is 1.15. The number of ether oxygens (including phenoxy) is 1. The number of carbonyl (C=O) groups excluding carboxylic acids is 1. The maximum atomic E-state index is 11.5. The number of benzene rings is 2. The van der Waals surface area contributed by atoms with Gasteiger partial charge in [-0.3, -0.25) is 0 Å². The Hall–Kier alpha value is -2.13. The summed E-state index contributed by atoms with van der Waals surface area (Å²) >= 11 is 1.46. The minimum Gasteiger partial charge on any atom is -0.465 e. The van der Waals surface area contributed by atoms with Crippen molar-refractivity contribution in [3.8, 4) is 10.4 Å². The van der Waals surface area contributed by atoms with E-state index in [-0.39, 0.29) is 5.97 Å². The van der Waals surface area contributed by atoms with Gasteiger partial charge in [0.2, 0.25) is 0 Å². The zero-order chi connectivity index (χ0) is 13.2. The topological polar surface area (TPSA) is 26.3 Å². The molecule has 1 aromatic heterocycles. The summed E-state index contributed by atoms with van der Waals surface area (Å²) in [7, 11) is 1.40. The van der Waals surface area contributed by atoms with Crippen LogP contribution in [0.4, 0.5) is 0 Å². The molecule has 0 saturated heterocycles. The SMILES string of the molecule is COC(=O)c1ccc(-c2cccc3ccccc23)s1. The van der Waals surface area contributed by atoms with Gasteiger partial charge in [-0.15, -0.1) is 11.3 Å². The second-order valence-corrected chi connectivity index (χ2v) is 5.27. The molecular formula is C16H12O2S. The van der Waals surface area contributed by atoms with E-state index in [1.54, 1.807) is 0 Å². The quantitative estimate of drug-likeness (QED) is 0.646. The molecule has 0 unspecified atom stereocenters. The standard InChI is InChI=1S/C16H12O2S/c1-18-16(17)15-10-9-14(19-15)13-8-4-6-11-5-2-3-7-12(11)13/h2-10H,1H3. The summed E-state index contributed by atoms with van der Waals surface area (Å²) in [6.45, 7) is 0. The summed E-state index contributed by atoms with van der Waals surface area (Å²) in [6.07, 6.45) is 0. The first-order valence-corrected chi connectivity index (χ1v) is 6.77. The van der Waals surface area contributed by atoms with E-state index >= 15 is 0 Å². The molecule has 2 aromatic carbocycles. The van der Waals surface area contributed by atoms with Gasteiger partial charge in [-0.05, 0) is 28.5 Å². The highest BCUT2D eigenvalue weighted by Crippen LogP contribution is 2.33. The van der Waals surface area contributed by atoms with Crippen molar-refractivity contribution in [3.05, 3.63) is 59.5 Å². The summed E-state index contributed by atoms with van der Waals surface area (Å²) in [5, 5.41) is 2.40. The maximum Gasteiger partial charge on any atom is 0.348 e. The molecule has 3 heteroatoms. The molecule has 0 aliphatic heterocycles. The third-order valence-corrected chi connectivity index (χ3v) is 4.15. The van der Waals surface area contributed by atoms with Crippen LogP contribution in [0.25, 0.3) is 21.2 Å². The third kappa shape index (κ3) is 2.13. The lowest BCUT2D eigenvalue weighted by Gasteiger charge is -2.03. The lowest BCUT2D eigenvalue weighted by molar-refractivity contribution is 0.0606. The van der Waals surface area contributed by atoms with Crippen molar-refractivity contribution in [2.24, 2.45) is 0 Å². The minimum atomic E-state index is -0.281. The second-order valence-electron chi connectivity index (χ2n) is 4.18. The Labute approximate surface area is 115 Å². The van der Waals surface area contributed by atoms with Gasteiger partial charge in [0.25, 0.3) is 0 Å². The van der Waals surface area contributed by atoms with E-state index in [2.05, 4.69) is 24.3 Å². The van der Waals surface area contributed by atoms with Crippen molar-refractivity contribution in [2.45, 2.75) is 0 Å². The van der Waals surface area contributed by atoms with E-state index in [9.17, 15) is 4.79 Å². The number of methoxy groups -OCH3 is 1. The van der Waals surface area contributed by atoms with E-state index in [0.29, 0.717) is 4.88 Å². The fraction of sp³-hybridized carbons (Fsp3) is 0.0625.